The molecule has 3 nitrogen and oxygen atoms in total. The zero-order chi connectivity index (χ0) is 12.2. The van der Waals surface area contributed by atoms with Gasteiger partial charge in [-0.05, 0) is 36.9 Å². The largest absolute Gasteiger partial charge is 0.381 e. The van der Waals surface area contributed by atoms with E-state index in [1.807, 2.05) is 0 Å². The van der Waals surface area contributed by atoms with Crippen molar-refractivity contribution in [2.45, 2.75) is 37.9 Å². The van der Waals surface area contributed by atoms with E-state index in [9.17, 15) is 0 Å². The van der Waals surface area contributed by atoms with Gasteiger partial charge in [-0.15, -0.1) is 0 Å². The summed E-state index contributed by atoms with van der Waals surface area (Å²) < 4.78 is 5.43. The number of ether oxygens (including phenoxy) is 1. The maximum atomic E-state index is 5.43. The molecule has 0 bridgehead atoms. The molecule has 3 heteroatoms. The fourth-order valence-corrected chi connectivity index (χ4v) is 2.98. The Morgan fingerprint density at radius 1 is 1.11 bits per heavy atom. The molecule has 18 heavy (non-hydrogen) atoms. The van der Waals surface area contributed by atoms with Gasteiger partial charge < -0.3 is 15.4 Å². The van der Waals surface area contributed by atoms with Gasteiger partial charge in [0.25, 0.3) is 0 Å². The first kappa shape index (κ1) is 12.2. The minimum Gasteiger partial charge on any atom is -0.381 e. The maximum Gasteiger partial charge on any atom is 0.0480 e. The standard InChI is InChI=1S/C15H22N2O/c1-2-4-14-12(3-1)11-16-8-5-15(14)17-13-6-9-18-10-7-13/h1-4,13,15-17H,5-11H2. The van der Waals surface area contributed by atoms with Crippen LogP contribution in [0, 0.1) is 0 Å². The molecule has 0 saturated carbocycles. The van der Waals surface area contributed by atoms with Crippen molar-refractivity contribution in [2.24, 2.45) is 0 Å². The second kappa shape index (κ2) is 5.83. The summed E-state index contributed by atoms with van der Waals surface area (Å²) in [4.78, 5) is 0. The van der Waals surface area contributed by atoms with Gasteiger partial charge in [-0.3, -0.25) is 0 Å². The minimum atomic E-state index is 0.499. The van der Waals surface area contributed by atoms with Crippen LogP contribution >= 0.6 is 0 Å². The van der Waals surface area contributed by atoms with Crippen LogP contribution in [0.25, 0.3) is 0 Å². The highest BCUT2D eigenvalue weighted by atomic mass is 16.5. The van der Waals surface area contributed by atoms with E-state index in [0.29, 0.717) is 12.1 Å². The van der Waals surface area contributed by atoms with Crippen molar-refractivity contribution >= 4 is 0 Å². The fraction of sp³-hybridized carbons (Fsp3) is 0.600. The molecule has 0 amide bonds. The van der Waals surface area contributed by atoms with Crippen molar-refractivity contribution in [3.05, 3.63) is 35.4 Å². The van der Waals surface area contributed by atoms with Gasteiger partial charge in [0.05, 0.1) is 0 Å². The van der Waals surface area contributed by atoms with Crippen LogP contribution in [-0.2, 0) is 11.3 Å². The highest BCUT2D eigenvalue weighted by molar-refractivity contribution is 5.31. The second-order valence-corrected chi connectivity index (χ2v) is 5.27. The lowest BCUT2D eigenvalue weighted by atomic mass is 9.97. The van der Waals surface area contributed by atoms with Crippen LogP contribution in [0.2, 0.25) is 0 Å². The number of hydrogen-bond acceptors (Lipinski definition) is 3. The number of hydrogen-bond donors (Lipinski definition) is 2. The molecule has 2 aliphatic heterocycles. The van der Waals surface area contributed by atoms with Gasteiger partial charge in [-0.2, -0.15) is 0 Å². The molecule has 1 unspecified atom stereocenters. The van der Waals surface area contributed by atoms with Crippen LogP contribution in [0.5, 0.6) is 0 Å². The summed E-state index contributed by atoms with van der Waals surface area (Å²) in [5.74, 6) is 0. The third-order valence-electron chi connectivity index (χ3n) is 4.01. The summed E-state index contributed by atoms with van der Waals surface area (Å²) in [7, 11) is 0. The molecule has 0 radical (unpaired) electrons. The Labute approximate surface area is 109 Å². The monoisotopic (exact) mass is 246 g/mol. The predicted octanol–water partition coefficient (Wildman–Crippen LogP) is 1.99. The van der Waals surface area contributed by atoms with Crippen molar-refractivity contribution in [3.8, 4) is 0 Å². The summed E-state index contributed by atoms with van der Waals surface area (Å²) in [6.07, 6.45) is 3.46. The molecule has 2 aliphatic rings. The second-order valence-electron chi connectivity index (χ2n) is 5.27. The molecule has 0 aromatic heterocycles. The summed E-state index contributed by atoms with van der Waals surface area (Å²) in [5, 5.41) is 7.34. The molecule has 2 N–H and O–H groups in total. The molecule has 1 aromatic carbocycles. The molecular weight excluding hydrogens is 224 g/mol. The van der Waals surface area contributed by atoms with E-state index in [0.717, 1.165) is 39.1 Å². The van der Waals surface area contributed by atoms with E-state index in [4.69, 9.17) is 4.74 Å². The van der Waals surface area contributed by atoms with E-state index in [2.05, 4.69) is 34.9 Å². The Balaban J connectivity index is 1.74. The third-order valence-corrected chi connectivity index (χ3v) is 4.01. The number of fused-ring (bicyclic) bond motifs is 1. The normalized spacial score (nSPS) is 25.4. The van der Waals surface area contributed by atoms with Crippen LogP contribution in [0.4, 0.5) is 0 Å². The topological polar surface area (TPSA) is 33.3 Å². The smallest absolute Gasteiger partial charge is 0.0480 e. The average molecular weight is 246 g/mol. The first-order valence-electron chi connectivity index (χ1n) is 7.06. The van der Waals surface area contributed by atoms with Gasteiger partial charge in [0.15, 0.2) is 0 Å². The Kier molecular flexibility index (Phi) is 3.93. The maximum absolute atomic E-state index is 5.43. The molecular formula is C15H22N2O. The SMILES string of the molecule is c1ccc2c(c1)CNCCC2NC1CCOCC1. The van der Waals surface area contributed by atoms with E-state index < -0.39 is 0 Å². The van der Waals surface area contributed by atoms with Gasteiger partial charge in [-0.25, -0.2) is 0 Å². The lowest BCUT2D eigenvalue weighted by molar-refractivity contribution is 0.0745. The fourth-order valence-electron chi connectivity index (χ4n) is 2.98. The lowest BCUT2D eigenvalue weighted by Gasteiger charge is -2.29. The summed E-state index contributed by atoms with van der Waals surface area (Å²) >= 11 is 0. The molecule has 1 fully saturated rings. The van der Waals surface area contributed by atoms with Crippen LogP contribution < -0.4 is 10.6 Å². The Bertz CT molecular complexity index is 388. The Morgan fingerprint density at radius 3 is 2.83 bits per heavy atom. The highest BCUT2D eigenvalue weighted by Gasteiger charge is 2.22. The van der Waals surface area contributed by atoms with Crippen LogP contribution in [0.1, 0.15) is 36.4 Å². The van der Waals surface area contributed by atoms with Crippen LogP contribution in [-0.4, -0.2) is 25.8 Å². The van der Waals surface area contributed by atoms with Gasteiger partial charge in [0, 0.05) is 31.8 Å². The Morgan fingerprint density at radius 2 is 1.94 bits per heavy atom. The number of benzene rings is 1. The molecule has 3 rings (SSSR count). The predicted molar refractivity (Wildman–Crippen MR) is 72.5 cm³/mol. The van der Waals surface area contributed by atoms with E-state index in [-0.39, 0.29) is 0 Å². The van der Waals surface area contributed by atoms with Crippen LogP contribution in [0.15, 0.2) is 24.3 Å². The van der Waals surface area contributed by atoms with Crippen molar-refractivity contribution in [3.63, 3.8) is 0 Å². The lowest BCUT2D eigenvalue weighted by Crippen LogP contribution is -2.37. The molecule has 1 aromatic rings. The van der Waals surface area contributed by atoms with Gasteiger partial charge >= 0.3 is 0 Å². The average Bonchev–Trinajstić information content (AvgIpc) is 2.63. The van der Waals surface area contributed by atoms with E-state index in [1.165, 1.54) is 17.5 Å². The van der Waals surface area contributed by atoms with Crippen molar-refractivity contribution in [1.82, 2.24) is 10.6 Å². The van der Waals surface area contributed by atoms with E-state index in [1.54, 1.807) is 0 Å². The molecule has 1 saturated heterocycles. The quantitative estimate of drug-likeness (QED) is 0.837. The molecule has 0 spiro atoms. The summed E-state index contributed by atoms with van der Waals surface area (Å²) in [6.45, 7) is 3.91. The van der Waals surface area contributed by atoms with Crippen LogP contribution in [0.3, 0.4) is 0 Å². The first-order valence-corrected chi connectivity index (χ1v) is 7.06. The number of nitrogens with one attached hydrogen (secondary N) is 2. The van der Waals surface area contributed by atoms with Crippen molar-refractivity contribution in [1.29, 1.82) is 0 Å². The molecule has 98 valence electrons. The summed E-state index contributed by atoms with van der Waals surface area (Å²) in [6, 6.07) is 9.93. The zero-order valence-corrected chi connectivity index (χ0v) is 10.8. The zero-order valence-electron chi connectivity index (χ0n) is 10.8. The van der Waals surface area contributed by atoms with Gasteiger partial charge in [0.1, 0.15) is 0 Å². The Hall–Kier alpha value is -0.900. The van der Waals surface area contributed by atoms with Crippen molar-refractivity contribution in [2.75, 3.05) is 19.8 Å². The molecule has 2 heterocycles. The van der Waals surface area contributed by atoms with Gasteiger partial charge in [-0.1, -0.05) is 24.3 Å². The van der Waals surface area contributed by atoms with Gasteiger partial charge in [0.2, 0.25) is 0 Å². The molecule has 0 aliphatic carbocycles. The minimum absolute atomic E-state index is 0.499. The third kappa shape index (κ3) is 2.74. The number of rotatable bonds is 2. The van der Waals surface area contributed by atoms with E-state index >= 15 is 0 Å². The molecule has 1 atom stereocenters. The highest BCUT2D eigenvalue weighted by Crippen LogP contribution is 2.25. The first-order chi connectivity index (χ1) is 8.93. The van der Waals surface area contributed by atoms with Crippen molar-refractivity contribution < 1.29 is 4.74 Å². The summed E-state index contributed by atoms with van der Waals surface area (Å²) in [5.41, 5.74) is 2.92.